The Morgan fingerprint density at radius 3 is 2.41 bits per heavy atom. The van der Waals surface area contributed by atoms with Crippen molar-refractivity contribution >= 4 is 11.8 Å². The molecule has 2 N–H and O–H groups in total. The molecule has 0 bridgehead atoms. The van der Waals surface area contributed by atoms with E-state index >= 15 is 0 Å². The van der Waals surface area contributed by atoms with Crippen molar-refractivity contribution in [1.29, 1.82) is 0 Å². The van der Waals surface area contributed by atoms with Gasteiger partial charge in [0, 0.05) is 11.3 Å². The van der Waals surface area contributed by atoms with Crippen molar-refractivity contribution in [2.75, 3.05) is 12.8 Å². The highest BCUT2D eigenvalue weighted by molar-refractivity contribution is 5.82. The Kier molecular flexibility index (Phi) is 3.15. The molecule has 0 spiro atoms. The predicted molar refractivity (Wildman–Crippen MR) is 72.9 cm³/mol. The summed E-state index contributed by atoms with van der Waals surface area (Å²) in [4.78, 5) is 0. The Hall–Kier alpha value is -2.22. The first-order chi connectivity index (χ1) is 8.26. The van der Waals surface area contributed by atoms with Gasteiger partial charge in [-0.15, -0.1) is 0 Å². The molecule has 2 rings (SSSR count). The molecule has 2 heteroatoms. The number of para-hydroxylation sites is 1. The summed E-state index contributed by atoms with van der Waals surface area (Å²) in [6.45, 7) is 3.75. The summed E-state index contributed by atoms with van der Waals surface area (Å²) in [6.07, 6.45) is 1.77. The summed E-state index contributed by atoms with van der Waals surface area (Å²) >= 11 is 0. The molecule has 0 heterocycles. The van der Waals surface area contributed by atoms with E-state index in [4.69, 9.17) is 10.5 Å². The third-order valence-electron chi connectivity index (χ3n) is 2.76. The topological polar surface area (TPSA) is 35.2 Å². The first-order valence-corrected chi connectivity index (χ1v) is 5.41. The van der Waals surface area contributed by atoms with Crippen LogP contribution in [0.4, 0.5) is 5.69 Å². The summed E-state index contributed by atoms with van der Waals surface area (Å²) in [7, 11) is 1.65. The molecule has 0 aliphatic heterocycles. The zero-order chi connectivity index (χ0) is 12.3. The van der Waals surface area contributed by atoms with Crippen molar-refractivity contribution in [3.05, 3.63) is 54.6 Å². The highest BCUT2D eigenvalue weighted by Gasteiger charge is 2.05. The Balaban J connectivity index is 2.48. The monoisotopic (exact) mass is 225 g/mol. The van der Waals surface area contributed by atoms with Gasteiger partial charge in [-0.05, 0) is 23.3 Å². The van der Waals surface area contributed by atoms with E-state index < -0.39 is 0 Å². The molecule has 2 nitrogen and oxygen atoms in total. The fraction of sp³-hybridized carbons (Fsp3) is 0.0667. The number of nitrogen functional groups attached to an aromatic ring is 1. The first kappa shape index (κ1) is 11.3. The van der Waals surface area contributed by atoms with Gasteiger partial charge in [0.25, 0.3) is 0 Å². The lowest BCUT2D eigenvalue weighted by Crippen LogP contribution is -1.93. The molecular weight excluding hydrogens is 210 g/mol. The van der Waals surface area contributed by atoms with Crippen LogP contribution in [-0.2, 0) is 0 Å². The molecule has 0 amide bonds. The molecule has 0 unspecified atom stereocenters. The minimum atomic E-state index is 0.757. The lowest BCUT2D eigenvalue weighted by Gasteiger charge is -2.09. The lowest BCUT2D eigenvalue weighted by atomic mass is 10.0. The Bertz CT molecular complexity index is 529. The number of anilines is 1. The zero-order valence-electron chi connectivity index (χ0n) is 9.81. The van der Waals surface area contributed by atoms with Crippen LogP contribution in [0.5, 0.6) is 5.75 Å². The van der Waals surface area contributed by atoms with E-state index in [1.807, 2.05) is 42.5 Å². The van der Waals surface area contributed by atoms with Gasteiger partial charge in [-0.1, -0.05) is 43.0 Å². The third-order valence-corrected chi connectivity index (χ3v) is 2.76. The average molecular weight is 225 g/mol. The normalized spacial score (nSPS) is 9.94. The largest absolute Gasteiger partial charge is 0.497 e. The van der Waals surface area contributed by atoms with Crippen molar-refractivity contribution in [1.82, 2.24) is 0 Å². The highest BCUT2D eigenvalue weighted by atomic mass is 16.5. The molecule has 2 aromatic carbocycles. The number of nitrogens with two attached hydrogens (primary N) is 1. The molecular formula is C15H15NO. The molecule has 0 saturated heterocycles. The second-order valence-electron chi connectivity index (χ2n) is 3.74. The first-order valence-electron chi connectivity index (χ1n) is 5.41. The second kappa shape index (κ2) is 4.74. The van der Waals surface area contributed by atoms with Crippen molar-refractivity contribution in [3.8, 4) is 16.9 Å². The van der Waals surface area contributed by atoms with Crippen LogP contribution in [-0.4, -0.2) is 7.11 Å². The van der Waals surface area contributed by atoms with Gasteiger partial charge in [-0.2, -0.15) is 0 Å². The Labute approximate surface area is 101 Å². The van der Waals surface area contributed by atoms with Gasteiger partial charge < -0.3 is 10.5 Å². The molecule has 0 atom stereocenters. The molecule has 0 aliphatic carbocycles. The van der Waals surface area contributed by atoms with Crippen LogP contribution in [0.25, 0.3) is 17.2 Å². The molecule has 86 valence electrons. The van der Waals surface area contributed by atoms with Crippen LogP contribution in [0.15, 0.2) is 49.0 Å². The Morgan fingerprint density at radius 1 is 1.12 bits per heavy atom. The SMILES string of the molecule is C=Cc1cccc(-c2ccc(OC)cc2)c1N. The molecule has 0 radical (unpaired) electrons. The van der Waals surface area contributed by atoms with Gasteiger partial charge >= 0.3 is 0 Å². The quantitative estimate of drug-likeness (QED) is 0.810. The van der Waals surface area contributed by atoms with E-state index in [0.29, 0.717) is 0 Å². The van der Waals surface area contributed by atoms with Gasteiger partial charge in [-0.3, -0.25) is 0 Å². The van der Waals surface area contributed by atoms with Gasteiger partial charge in [0.1, 0.15) is 5.75 Å². The van der Waals surface area contributed by atoms with Crippen molar-refractivity contribution in [3.63, 3.8) is 0 Å². The van der Waals surface area contributed by atoms with E-state index in [-0.39, 0.29) is 0 Å². The summed E-state index contributed by atoms with van der Waals surface area (Å²) in [6, 6.07) is 13.8. The molecule has 0 aromatic heterocycles. The number of rotatable bonds is 3. The molecule has 0 fully saturated rings. The van der Waals surface area contributed by atoms with E-state index in [9.17, 15) is 0 Å². The van der Waals surface area contributed by atoms with Crippen LogP contribution in [0.1, 0.15) is 5.56 Å². The van der Waals surface area contributed by atoms with Gasteiger partial charge in [0.15, 0.2) is 0 Å². The maximum atomic E-state index is 6.09. The second-order valence-corrected chi connectivity index (χ2v) is 3.74. The fourth-order valence-electron chi connectivity index (χ4n) is 1.78. The van der Waals surface area contributed by atoms with Gasteiger partial charge in [0.2, 0.25) is 0 Å². The van der Waals surface area contributed by atoms with E-state index in [0.717, 1.165) is 28.1 Å². The van der Waals surface area contributed by atoms with E-state index in [1.165, 1.54) is 0 Å². The predicted octanol–water partition coefficient (Wildman–Crippen LogP) is 3.59. The average Bonchev–Trinajstić information content (AvgIpc) is 2.39. The minimum absolute atomic E-state index is 0.757. The summed E-state index contributed by atoms with van der Waals surface area (Å²) in [5.41, 5.74) is 9.90. The number of hydrogen-bond acceptors (Lipinski definition) is 2. The maximum absolute atomic E-state index is 6.09. The Morgan fingerprint density at radius 2 is 1.82 bits per heavy atom. The smallest absolute Gasteiger partial charge is 0.118 e. The standard InChI is InChI=1S/C15H15NO/c1-3-11-5-4-6-14(15(11)16)12-7-9-13(17-2)10-8-12/h3-10H,1,16H2,2H3. The summed E-state index contributed by atoms with van der Waals surface area (Å²) in [5, 5.41) is 0. The van der Waals surface area contributed by atoms with Crippen LogP contribution in [0, 0.1) is 0 Å². The fourth-order valence-corrected chi connectivity index (χ4v) is 1.78. The van der Waals surface area contributed by atoms with Gasteiger partial charge in [0.05, 0.1) is 7.11 Å². The number of benzene rings is 2. The third kappa shape index (κ3) is 2.16. The summed E-state index contributed by atoms with van der Waals surface area (Å²) < 4.78 is 5.13. The molecule has 0 aliphatic rings. The van der Waals surface area contributed by atoms with E-state index in [2.05, 4.69) is 6.58 Å². The zero-order valence-corrected chi connectivity index (χ0v) is 9.81. The molecule has 0 saturated carbocycles. The van der Waals surface area contributed by atoms with Crippen LogP contribution < -0.4 is 10.5 Å². The van der Waals surface area contributed by atoms with E-state index in [1.54, 1.807) is 13.2 Å². The minimum Gasteiger partial charge on any atom is -0.497 e. The summed E-state index contributed by atoms with van der Waals surface area (Å²) in [5.74, 6) is 0.840. The lowest BCUT2D eigenvalue weighted by molar-refractivity contribution is 0.415. The van der Waals surface area contributed by atoms with Crippen molar-refractivity contribution < 1.29 is 4.74 Å². The van der Waals surface area contributed by atoms with Crippen LogP contribution >= 0.6 is 0 Å². The molecule has 2 aromatic rings. The van der Waals surface area contributed by atoms with Gasteiger partial charge in [-0.25, -0.2) is 0 Å². The van der Waals surface area contributed by atoms with Crippen LogP contribution in [0.3, 0.4) is 0 Å². The van der Waals surface area contributed by atoms with Crippen molar-refractivity contribution in [2.45, 2.75) is 0 Å². The van der Waals surface area contributed by atoms with Crippen molar-refractivity contribution in [2.24, 2.45) is 0 Å². The molecule has 17 heavy (non-hydrogen) atoms. The number of ether oxygens (including phenoxy) is 1. The maximum Gasteiger partial charge on any atom is 0.118 e. The number of hydrogen-bond donors (Lipinski definition) is 1. The highest BCUT2D eigenvalue weighted by Crippen LogP contribution is 2.30. The number of methoxy groups -OCH3 is 1. The van der Waals surface area contributed by atoms with Crippen LogP contribution in [0.2, 0.25) is 0 Å².